The molecule has 6 heteroatoms. The smallest absolute Gasteiger partial charge is 0.237 e. The van der Waals surface area contributed by atoms with Gasteiger partial charge in [-0.3, -0.25) is 14.5 Å². The van der Waals surface area contributed by atoms with Gasteiger partial charge < -0.3 is 16.4 Å². The van der Waals surface area contributed by atoms with Crippen LogP contribution < -0.4 is 16.4 Å². The van der Waals surface area contributed by atoms with Crippen molar-refractivity contribution in [1.29, 1.82) is 0 Å². The highest BCUT2D eigenvalue weighted by Gasteiger charge is 2.35. The Bertz CT molecular complexity index is 547. The lowest BCUT2D eigenvalue weighted by molar-refractivity contribution is -0.127. The maximum atomic E-state index is 12.1. The van der Waals surface area contributed by atoms with Gasteiger partial charge in [-0.2, -0.15) is 0 Å². The summed E-state index contributed by atoms with van der Waals surface area (Å²) in [5.41, 5.74) is 8.16. The van der Waals surface area contributed by atoms with Gasteiger partial charge >= 0.3 is 0 Å². The van der Waals surface area contributed by atoms with Crippen molar-refractivity contribution in [2.75, 3.05) is 20.1 Å². The Morgan fingerprint density at radius 3 is 2.77 bits per heavy atom. The third kappa shape index (κ3) is 4.05. The number of nitrogens with zero attached hydrogens (tertiary/aromatic N) is 1. The largest absolute Gasteiger partial charge is 0.358 e. The van der Waals surface area contributed by atoms with Gasteiger partial charge in [0.2, 0.25) is 11.8 Å². The molecule has 0 unspecified atom stereocenters. The van der Waals surface area contributed by atoms with E-state index in [9.17, 15) is 9.59 Å². The molecule has 1 saturated heterocycles. The molecule has 2 rings (SSSR count). The van der Waals surface area contributed by atoms with E-state index in [-0.39, 0.29) is 30.4 Å². The van der Waals surface area contributed by atoms with Crippen LogP contribution in [0.15, 0.2) is 24.3 Å². The van der Waals surface area contributed by atoms with Crippen LogP contribution in [0.4, 0.5) is 0 Å². The predicted octanol–water partition coefficient (Wildman–Crippen LogP) is -0.241. The minimum absolute atomic E-state index is 0.0635. The van der Waals surface area contributed by atoms with Crippen molar-refractivity contribution in [2.24, 2.45) is 5.73 Å². The minimum Gasteiger partial charge on any atom is -0.358 e. The van der Waals surface area contributed by atoms with Gasteiger partial charge in [-0.15, -0.1) is 0 Å². The van der Waals surface area contributed by atoms with Crippen LogP contribution in [0.25, 0.3) is 0 Å². The van der Waals surface area contributed by atoms with E-state index in [4.69, 9.17) is 5.73 Å². The normalized spacial score (nSPS) is 21.6. The fourth-order valence-corrected chi connectivity index (χ4v) is 2.80. The molecule has 120 valence electrons. The van der Waals surface area contributed by atoms with Crippen LogP contribution in [-0.2, 0) is 16.1 Å². The molecule has 1 heterocycles. The highest BCUT2D eigenvalue weighted by atomic mass is 16.2. The van der Waals surface area contributed by atoms with Crippen molar-refractivity contribution in [3.8, 4) is 0 Å². The number of carbonyl (C=O) groups excluding carboxylic acids is 2. The highest BCUT2D eigenvalue weighted by molar-refractivity contribution is 5.84. The fraction of sp³-hybridized carbons (Fsp3) is 0.500. The maximum Gasteiger partial charge on any atom is 0.237 e. The van der Waals surface area contributed by atoms with E-state index in [2.05, 4.69) is 10.6 Å². The molecule has 0 spiro atoms. The number of nitrogens with one attached hydrogen (secondary N) is 2. The Balaban J connectivity index is 1.88. The molecule has 0 aliphatic carbocycles. The van der Waals surface area contributed by atoms with Gasteiger partial charge in [-0.05, 0) is 24.5 Å². The number of hydrogen-bond acceptors (Lipinski definition) is 4. The average Bonchev–Trinajstić information content (AvgIpc) is 2.86. The van der Waals surface area contributed by atoms with Gasteiger partial charge in [0.05, 0.1) is 12.6 Å². The Kier molecular flexibility index (Phi) is 5.51. The second-order valence-corrected chi connectivity index (χ2v) is 5.76. The SMILES string of the molecule is CNC(=O)[C@@H]1C[C@@H](N)CN1CC(=O)NCc1ccccc1C. The Morgan fingerprint density at radius 2 is 2.09 bits per heavy atom. The van der Waals surface area contributed by atoms with Crippen LogP contribution >= 0.6 is 0 Å². The first-order valence-electron chi connectivity index (χ1n) is 7.53. The van der Waals surface area contributed by atoms with Gasteiger partial charge in [0, 0.05) is 26.2 Å². The number of hydrogen-bond donors (Lipinski definition) is 3. The average molecular weight is 304 g/mol. The molecule has 1 aliphatic heterocycles. The fourth-order valence-electron chi connectivity index (χ4n) is 2.80. The van der Waals surface area contributed by atoms with Crippen LogP contribution in [-0.4, -0.2) is 48.9 Å². The number of benzene rings is 1. The van der Waals surface area contributed by atoms with Crippen molar-refractivity contribution >= 4 is 11.8 Å². The van der Waals surface area contributed by atoms with Crippen molar-refractivity contribution in [2.45, 2.75) is 32.0 Å². The summed E-state index contributed by atoms with van der Waals surface area (Å²) in [7, 11) is 1.60. The number of aryl methyl sites for hydroxylation is 1. The van der Waals surface area contributed by atoms with E-state index >= 15 is 0 Å². The number of carbonyl (C=O) groups is 2. The molecule has 1 aliphatic rings. The molecule has 0 aromatic heterocycles. The second-order valence-electron chi connectivity index (χ2n) is 5.76. The number of nitrogens with two attached hydrogens (primary N) is 1. The minimum atomic E-state index is -0.316. The lowest BCUT2D eigenvalue weighted by Gasteiger charge is -2.22. The molecule has 1 aromatic rings. The topological polar surface area (TPSA) is 87.5 Å². The summed E-state index contributed by atoms with van der Waals surface area (Å²) in [6, 6.07) is 7.56. The lowest BCUT2D eigenvalue weighted by Crippen LogP contribution is -2.46. The molecule has 6 nitrogen and oxygen atoms in total. The van der Waals surface area contributed by atoms with Crippen LogP contribution in [0.1, 0.15) is 17.5 Å². The van der Waals surface area contributed by atoms with E-state index in [0.29, 0.717) is 19.5 Å². The molecule has 2 atom stereocenters. The summed E-state index contributed by atoms with van der Waals surface area (Å²) >= 11 is 0. The Labute approximate surface area is 131 Å². The summed E-state index contributed by atoms with van der Waals surface area (Å²) in [5, 5.41) is 5.53. The third-order valence-electron chi connectivity index (χ3n) is 4.07. The second kappa shape index (κ2) is 7.38. The Morgan fingerprint density at radius 1 is 1.36 bits per heavy atom. The van der Waals surface area contributed by atoms with Crippen molar-refractivity contribution < 1.29 is 9.59 Å². The van der Waals surface area contributed by atoms with Gasteiger partial charge in [0.15, 0.2) is 0 Å². The summed E-state index contributed by atoms with van der Waals surface area (Å²) in [5.74, 6) is -0.175. The van der Waals surface area contributed by atoms with Gasteiger partial charge in [-0.25, -0.2) is 0 Å². The van der Waals surface area contributed by atoms with E-state index in [1.807, 2.05) is 36.1 Å². The molecular weight excluding hydrogens is 280 g/mol. The van der Waals surface area contributed by atoms with Crippen molar-refractivity contribution in [3.05, 3.63) is 35.4 Å². The van der Waals surface area contributed by atoms with Crippen molar-refractivity contribution in [3.63, 3.8) is 0 Å². The first kappa shape index (κ1) is 16.5. The first-order chi connectivity index (χ1) is 10.5. The Hall–Kier alpha value is -1.92. The maximum absolute atomic E-state index is 12.1. The number of rotatable bonds is 5. The quantitative estimate of drug-likeness (QED) is 0.700. The molecule has 2 amide bonds. The van der Waals surface area contributed by atoms with Gasteiger partial charge in [0.1, 0.15) is 0 Å². The summed E-state index contributed by atoms with van der Waals surface area (Å²) < 4.78 is 0. The van der Waals surface area contributed by atoms with E-state index < -0.39 is 0 Å². The van der Waals surface area contributed by atoms with Crippen LogP contribution in [0.3, 0.4) is 0 Å². The zero-order valence-electron chi connectivity index (χ0n) is 13.1. The number of likely N-dealkylation sites (N-methyl/N-ethyl adjacent to an activating group) is 1. The summed E-state index contributed by atoms with van der Waals surface area (Å²) in [6.07, 6.45) is 0.588. The molecule has 0 saturated carbocycles. The van der Waals surface area contributed by atoms with E-state index in [1.165, 1.54) is 0 Å². The molecule has 22 heavy (non-hydrogen) atoms. The third-order valence-corrected chi connectivity index (χ3v) is 4.07. The van der Waals surface area contributed by atoms with Crippen LogP contribution in [0, 0.1) is 6.92 Å². The molecule has 1 fully saturated rings. The van der Waals surface area contributed by atoms with E-state index in [1.54, 1.807) is 7.05 Å². The number of likely N-dealkylation sites (tertiary alicyclic amines) is 1. The molecule has 1 aromatic carbocycles. The molecule has 0 radical (unpaired) electrons. The van der Waals surface area contributed by atoms with Gasteiger partial charge in [-0.1, -0.05) is 24.3 Å². The predicted molar refractivity (Wildman–Crippen MR) is 85.0 cm³/mol. The molecular formula is C16H24N4O2. The highest BCUT2D eigenvalue weighted by Crippen LogP contribution is 2.16. The lowest BCUT2D eigenvalue weighted by atomic mass is 10.1. The molecule has 4 N–H and O–H groups in total. The van der Waals surface area contributed by atoms with E-state index in [0.717, 1.165) is 11.1 Å². The monoisotopic (exact) mass is 304 g/mol. The number of amides is 2. The first-order valence-corrected chi connectivity index (χ1v) is 7.53. The zero-order chi connectivity index (χ0) is 16.1. The van der Waals surface area contributed by atoms with Crippen molar-refractivity contribution in [1.82, 2.24) is 15.5 Å². The molecule has 0 bridgehead atoms. The summed E-state index contributed by atoms with van der Waals surface area (Å²) in [4.78, 5) is 25.8. The van der Waals surface area contributed by atoms with Crippen LogP contribution in [0.5, 0.6) is 0 Å². The standard InChI is InChI=1S/C16H24N4O2/c1-11-5-3-4-6-12(11)8-19-15(21)10-20-9-13(17)7-14(20)16(22)18-2/h3-6,13-14H,7-10,17H2,1-2H3,(H,18,22)(H,19,21)/t13-,14+/m1/s1. The summed E-state index contributed by atoms with van der Waals surface area (Å²) in [6.45, 7) is 3.27. The zero-order valence-corrected chi connectivity index (χ0v) is 13.1. The van der Waals surface area contributed by atoms with Gasteiger partial charge in [0.25, 0.3) is 0 Å². The van der Waals surface area contributed by atoms with Crippen LogP contribution in [0.2, 0.25) is 0 Å².